The van der Waals surface area contributed by atoms with Crippen molar-refractivity contribution >= 4 is 23.5 Å². The van der Waals surface area contributed by atoms with Crippen molar-refractivity contribution in [2.24, 2.45) is 0 Å². The van der Waals surface area contributed by atoms with E-state index in [-0.39, 0.29) is 18.4 Å². The number of likely N-dealkylation sites (N-methyl/N-ethyl adjacent to an activating group) is 1. The highest BCUT2D eigenvalue weighted by molar-refractivity contribution is 6.03. The summed E-state index contributed by atoms with van der Waals surface area (Å²) in [7, 11) is 3.18. The van der Waals surface area contributed by atoms with Crippen LogP contribution in [0, 0.1) is 0 Å². The fourth-order valence-electron chi connectivity index (χ4n) is 2.12. The number of rotatable bonds is 4. The van der Waals surface area contributed by atoms with Crippen LogP contribution >= 0.6 is 0 Å². The molecule has 2 rings (SSSR count). The zero-order valence-corrected chi connectivity index (χ0v) is 12.2. The number of hydrogen-bond donors (Lipinski definition) is 0. The molecule has 0 aliphatic carbocycles. The van der Waals surface area contributed by atoms with Crippen molar-refractivity contribution in [2.75, 3.05) is 32.1 Å². The smallest absolute Gasteiger partial charge is 0.340 e. The van der Waals surface area contributed by atoms with Crippen LogP contribution in [0.3, 0.4) is 0 Å². The summed E-state index contributed by atoms with van der Waals surface area (Å²) in [6.45, 7) is 0.286. The average molecular weight is 290 g/mol. The third kappa shape index (κ3) is 3.39. The molecule has 0 bridgehead atoms. The van der Waals surface area contributed by atoms with Gasteiger partial charge in [-0.1, -0.05) is 12.1 Å². The maximum Gasteiger partial charge on any atom is 0.340 e. The van der Waals surface area contributed by atoms with Crippen molar-refractivity contribution in [3.05, 3.63) is 29.8 Å². The van der Waals surface area contributed by atoms with E-state index in [1.165, 1.54) is 4.90 Å². The second-order valence-electron chi connectivity index (χ2n) is 5.03. The number of hydrogen-bond acceptors (Lipinski definition) is 4. The molecule has 112 valence electrons. The summed E-state index contributed by atoms with van der Waals surface area (Å²) in [5, 5.41) is 0. The lowest BCUT2D eigenvalue weighted by atomic mass is 10.1. The van der Waals surface area contributed by atoms with E-state index in [2.05, 4.69) is 0 Å². The highest BCUT2D eigenvalue weighted by atomic mass is 16.5. The lowest BCUT2D eigenvalue weighted by molar-refractivity contribution is -0.132. The van der Waals surface area contributed by atoms with Crippen LogP contribution in [0.25, 0.3) is 0 Å². The van der Waals surface area contributed by atoms with Gasteiger partial charge in [0.05, 0.1) is 11.3 Å². The van der Waals surface area contributed by atoms with Crippen LogP contribution in [-0.4, -0.2) is 49.9 Å². The number of carbonyl (C=O) groups is 3. The second-order valence-corrected chi connectivity index (χ2v) is 5.03. The van der Waals surface area contributed by atoms with E-state index in [0.29, 0.717) is 24.2 Å². The predicted molar refractivity (Wildman–Crippen MR) is 77.0 cm³/mol. The Bertz CT molecular complexity index is 569. The first kappa shape index (κ1) is 15.0. The molecule has 1 heterocycles. The molecule has 0 saturated carbocycles. The van der Waals surface area contributed by atoms with E-state index in [1.54, 1.807) is 43.3 Å². The number of esters is 1. The van der Waals surface area contributed by atoms with E-state index in [0.717, 1.165) is 6.42 Å². The molecule has 1 aromatic rings. The predicted octanol–water partition coefficient (Wildman–Crippen LogP) is 1.06. The van der Waals surface area contributed by atoms with Gasteiger partial charge in [-0.3, -0.25) is 9.59 Å². The summed E-state index contributed by atoms with van der Waals surface area (Å²) in [5.41, 5.74) is 0.849. The second kappa shape index (κ2) is 6.39. The fraction of sp³-hybridized carbons (Fsp3) is 0.400. The van der Waals surface area contributed by atoms with E-state index in [1.807, 2.05) is 0 Å². The molecule has 0 N–H and O–H groups in total. The Balaban J connectivity index is 2.14. The molecule has 0 radical (unpaired) electrons. The molecule has 1 fully saturated rings. The van der Waals surface area contributed by atoms with Gasteiger partial charge >= 0.3 is 5.97 Å². The van der Waals surface area contributed by atoms with Crippen molar-refractivity contribution in [1.29, 1.82) is 0 Å². The van der Waals surface area contributed by atoms with E-state index >= 15 is 0 Å². The van der Waals surface area contributed by atoms with E-state index in [9.17, 15) is 14.4 Å². The summed E-state index contributed by atoms with van der Waals surface area (Å²) in [5.74, 6) is -0.891. The topological polar surface area (TPSA) is 66.9 Å². The Morgan fingerprint density at radius 3 is 2.62 bits per heavy atom. The Labute approximate surface area is 123 Å². The number of para-hydroxylation sites is 1. The zero-order valence-electron chi connectivity index (χ0n) is 12.2. The number of nitrogens with zero attached hydrogens (tertiary/aromatic N) is 2. The highest BCUT2D eigenvalue weighted by Crippen LogP contribution is 2.25. The third-order valence-corrected chi connectivity index (χ3v) is 3.31. The summed E-state index contributed by atoms with van der Waals surface area (Å²) in [4.78, 5) is 38.3. The molecule has 0 spiro atoms. The summed E-state index contributed by atoms with van der Waals surface area (Å²) in [6.07, 6.45) is 1.27. The first-order chi connectivity index (χ1) is 10.0. The maximum atomic E-state index is 12.1. The van der Waals surface area contributed by atoms with Gasteiger partial charge in [0.25, 0.3) is 5.91 Å². The maximum absolute atomic E-state index is 12.1. The minimum absolute atomic E-state index is 0.000354. The van der Waals surface area contributed by atoms with E-state index < -0.39 is 5.97 Å². The van der Waals surface area contributed by atoms with Crippen molar-refractivity contribution in [3.63, 3.8) is 0 Å². The normalized spacial score (nSPS) is 14.2. The van der Waals surface area contributed by atoms with Crippen LogP contribution < -0.4 is 4.90 Å². The van der Waals surface area contributed by atoms with Gasteiger partial charge in [-0.15, -0.1) is 0 Å². The monoisotopic (exact) mass is 290 g/mol. The number of benzene rings is 1. The van der Waals surface area contributed by atoms with E-state index in [4.69, 9.17) is 4.74 Å². The number of amides is 2. The summed E-state index contributed by atoms with van der Waals surface area (Å²) >= 11 is 0. The number of anilines is 1. The van der Waals surface area contributed by atoms with Crippen LogP contribution in [0.4, 0.5) is 5.69 Å². The minimum Gasteiger partial charge on any atom is -0.452 e. The number of carbonyl (C=O) groups excluding carboxylic acids is 3. The molecular weight excluding hydrogens is 272 g/mol. The molecule has 1 aromatic carbocycles. The zero-order chi connectivity index (χ0) is 15.4. The molecular formula is C15H18N2O4. The van der Waals surface area contributed by atoms with Crippen molar-refractivity contribution < 1.29 is 19.1 Å². The van der Waals surface area contributed by atoms with Gasteiger partial charge < -0.3 is 14.5 Å². The molecule has 0 aromatic heterocycles. The minimum atomic E-state index is -0.597. The Kier molecular flexibility index (Phi) is 4.57. The quantitative estimate of drug-likeness (QED) is 0.778. The van der Waals surface area contributed by atoms with Crippen LogP contribution in [0.5, 0.6) is 0 Å². The summed E-state index contributed by atoms with van der Waals surface area (Å²) < 4.78 is 5.02. The molecule has 6 heteroatoms. The lowest BCUT2D eigenvalue weighted by Crippen LogP contribution is -2.29. The Morgan fingerprint density at radius 1 is 1.29 bits per heavy atom. The van der Waals surface area contributed by atoms with Gasteiger partial charge in [-0.2, -0.15) is 0 Å². The molecule has 0 unspecified atom stereocenters. The van der Waals surface area contributed by atoms with Crippen LogP contribution in [-0.2, 0) is 14.3 Å². The Morgan fingerprint density at radius 2 is 2.00 bits per heavy atom. The molecule has 1 aliphatic heterocycles. The van der Waals surface area contributed by atoms with Gasteiger partial charge in [0.1, 0.15) is 0 Å². The van der Waals surface area contributed by atoms with Gasteiger partial charge in [-0.05, 0) is 18.6 Å². The first-order valence-corrected chi connectivity index (χ1v) is 6.77. The van der Waals surface area contributed by atoms with Crippen LogP contribution in [0.15, 0.2) is 24.3 Å². The van der Waals surface area contributed by atoms with Crippen molar-refractivity contribution in [3.8, 4) is 0 Å². The lowest BCUT2D eigenvalue weighted by Gasteiger charge is -2.19. The van der Waals surface area contributed by atoms with Crippen molar-refractivity contribution in [1.82, 2.24) is 4.90 Å². The Hall–Kier alpha value is -2.37. The van der Waals surface area contributed by atoms with Gasteiger partial charge in [0.2, 0.25) is 5.91 Å². The molecule has 1 saturated heterocycles. The van der Waals surface area contributed by atoms with Gasteiger partial charge in [0.15, 0.2) is 6.61 Å². The largest absolute Gasteiger partial charge is 0.452 e. The first-order valence-electron chi connectivity index (χ1n) is 6.77. The van der Waals surface area contributed by atoms with Crippen LogP contribution in [0.2, 0.25) is 0 Å². The molecule has 6 nitrogen and oxygen atoms in total. The highest BCUT2D eigenvalue weighted by Gasteiger charge is 2.26. The summed E-state index contributed by atoms with van der Waals surface area (Å²) in [6, 6.07) is 6.79. The molecule has 21 heavy (non-hydrogen) atoms. The van der Waals surface area contributed by atoms with Gasteiger partial charge in [-0.25, -0.2) is 4.79 Å². The fourth-order valence-corrected chi connectivity index (χ4v) is 2.12. The molecule has 1 aliphatic rings. The standard InChI is InChI=1S/C15H18N2O4/c1-16(2)14(19)10-21-15(20)11-6-3-4-7-12(11)17-9-5-8-13(17)18/h3-4,6-7H,5,8-10H2,1-2H3. The molecule has 0 atom stereocenters. The third-order valence-electron chi connectivity index (χ3n) is 3.31. The molecule has 2 amide bonds. The van der Waals surface area contributed by atoms with Crippen LogP contribution in [0.1, 0.15) is 23.2 Å². The van der Waals surface area contributed by atoms with Crippen molar-refractivity contribution in [2.45, 2.75) is 12.8 Å². The number of ether oxygens (including phenoxy) is 1. The van der Waals surface area contributed by atoms with Gasteiger partial charge in [0, 0.05) is 27.1 Å². The average Bonchev–Trinajstić information content (AvgIpc) is 2.90. The SMILES string of the molecule is CN(C)C(=O)COC(=O)c1ccccc1N1CCCC1=O.